The first-order valence-corrected chi connectivity index (χ1v) is 8.90. The molecule has 4 nitrogen and oxygen atoms in total. The second-order valence-electron chi connectivity index (χ2n) is 7.03. The predicted octanol–water partition coefficient (Wildman–Crippen LogP) is 2.94. The first kappa shape index (κ1) is 18.5. The van der Waals surface area contributed by atoms with Crippen molar-refractivity contribution in [3.8, 4) is 11.1 Å². The van der Waals surface area contributed by atoms with Gasteiger partial charge in [0.1, 0.15) is 5.82 Å². The molecule has 26 heavy (non-hydrogen) atoms. The van der Waals surface area contributed by atoms with E-state index in [-0.39, 0.29) is 18.3 Å². The molecule has 0 unspecified atom stereocenters. The van der Waals surface area contributed by atoms with Gasteiger partial charge in [0.2, 0.25) is 5.91 Å². The molecule has 0 aromatic heterocycles. The van der Waals surface area contributed by atoms with Gasteiger partial charge < -0.3 is 15.1 Å². The molecule has 1 atom stereocenters. The molecule has 3 rings (SSSR count). The molecule has 1 aliphatic heterocycles. The third-order valence-corrected chi connectivity index (χ3v) is 5.25. The van der Waals surface area contributed by atoms with Crippen molar-refractivity contribution in [2.75, 3.05) is 19.7 Å². The number of hydrogen-bond acceptors (Lipinski definition) is 3. The van der Waals surface area contributed by atoms with E-state index in [9.17, 15) is 19.4 Å². The summed E-state index contributed by atoms with van der Waals surface area (Å²) in [6, 6.07) is 14.2. The molecule has 1 saturated heterocycles. The van der Waals surface area contributed by atoms with E-state index in [2.05, 4.69) is 0 Å². The maximum Gasteiger partial charge on any atom is 0.229 e. The Hall–Kier alpha value is -2.24. The predicted molar refractivity (Wildman–Crippen MR) is 98.1 cm³/mol. The number of benzene rings is 2. The maximum absolute atomic E-state index is 14.6. The summed E-state index contributed by atoms with van der Waals surface area (Å²) in [5.74, 6) is -0.895. The summed E-state index contributed by atoms with van der Waals surface area (Å²) in [6.45, 7) is 2.26. The smallest absolute Gasteiger partial charge is 0.229 e. The van der Waals surface area contributed by atoms with E-state index in [4.69, 9.17) is 0 Å². The standard InChI is InChI=1S/C21H24FNO3/c1-15(20(25)23-11-9-21(26,14-24)10-12-23)17-7-8-18(19(22)13-17)16-5-3-2-4-6-16/h2-8,13,15,24,26H,9-12,14H2,1H3/t15-/m0/s1. The molecular weight excluding hydrogens is 333 g/mol. The normalized spacial score (nSPS) is 17.8. The van der Waals surface area contributed by atoms with Crippen molar-refractivity contribution in [3.05, 3.63) is 59.9 Å². The van der Waals surface area contributed by atoms with Gasteiger partial charge in [0.05, 0.1) is 18.1 Å². The Morgan fingerprint density at radius 1 is 1.19 bits per heavy atom. The maximum atomic E-state index is 14.6. The van der Waals surface area contributed by atoms with E-state index >= 15 is 0 Å². The molecule has 2 N–H and O–H groups in total. The van der Waals surface area contributed by atoms with Crippen LogP contribution in [0, 0.1) is 5.82 Å². The summed E-state index contributed by atoms with van der Waals surface area (Å²) in [5.41, 5.74) is 0.855. The Bertz CT molecular complexity index is 770. The number of nitrogens with zero attached hydrogens (tertiary/aromatic N) is 1. The average Bonchev–Trinajstić information content (AvgIpc) is 2.68. The first-order valence-electron chi connectivity index (χ1n) is 8.90. The molecule has 0 spiro atoms. The lowest BCUT2D eigenvalue weighted by molar-refractivity contribution is -0.138. The Morgan fingerprint density at radius 2 is 1.85 bits per heavy atom. The van der Waals surface area contributed by atoms with Crippen molar-refractivity contribution in [2.24, 2.45) is 0 Å². The summed E-state index contributed by atoms with van der Waals surface area (Å²) in [7, 11) is 0. The minimum atomic E-state index is -1.09. The van der Waals surface area contributed by atoms with Crippen LogP contribution in [0.25, 0.3) is 11.1 Å². The summed E-state index contributed by atoms with van der Waals surface area (Å²) in [5, 5.41) is 19.3. The van der Waals surface area contributed by atoms with Gasteiger partial charge in [-0.05, 0) is 37.0 Å². The highest BCUT2D eigenvalue weighted by Crippen LogP contribution is 2.29. The zero-order valence-corrected chi connectivity index (χ0v) is 14.9. The summed E-state index contributed by atoms with van der Waals surface area (Å²) in [6.07, 6.45) is 0.701. The van der Waals surface area contributed by atoms with Gasteiger partial charge in [0, 0.05) is 18.7 Å². The number of piperidine rings is 1. The molecule has 0 saturated carbocycles. The molecule has 0 bridgehead atoms. The van der Waals surface area contributed by atoms with Crippen LogP contribution in [0.5, 0.6) is 0 Å². The lowest BCUT2D eigenvalue weighted by atomic mass is 9.90. The third kappa shape index (κ3) is 3.79. The van der Waals surface area contributed by atoms with E-state index in [0.29, 0.717) is 37.1 Å². The molecule has 2 aromatic carbocycles. The molecule has 0 aliphatic carbocycles. The molecule has 2 aromatic rings. The minimum absolute atomic E-state index is 0.0862. The largest absolute Gasteiger partial charge is 0.393 e. The Kier molecular flexibility index (Phi) is 5.39. The van der Waals surface area contributed by atoms with E-state index in [1.807, 2.05) is 30.3 Å². The number of carbonyl (C=O) groups is 1. The molecule has 138 valence electrons. The van der Waals surface area contributed by atoms with Crippen molar-refractivity contribution < 1.29 is 19.4 Å². The van der Waals surface area contributed by atoms with Crippen molar-refractivity contribution in [2.45, 2.75) is 31.3 Å². The van der Waals surface area contributed by atoms with E-state index in [1.165, 1.54) is 6.07 Å². The monoisotopic (exact) mass is 357 g/mol. The van der Waals surface area contributed by atoms with Crippen LogP contribution < -0.4 is 0 Å². The number of likely N-dealkylation sites (tertiary alicyclic amines) is 1. The number of aliphatic hydroxyl groups excluding tert-OH is 1. The lowest BCUT2D eigenvalue weighted by Gasteiger charge is -2.38. The highest BCUT2D eigenvalue weighted by Gasteiger charge is 2.34. The van der Waals surface area contributed by atoms with E-state index in [1.54, 1.807) is 24.0 Å². The lowest BCUT2D eigenvalue weighted by Crippen LogP contribution is -2.49. The van der Waals surface area contributed by atoms with Crippen LogP contribution in [0.1, 0.15) is 31.2 Å². The third-order valence-electron chi connectivity index (χ3n) is 5.25. The van der Waals surface area contributed by atoms with Crippen LogP contribution in [0.3, 0.4) is 0 Å². The zero-order chi connectivity index (χ0) is 18.7. The van der Waals surface area contributed by atoms with Gasteiger partial charge in [-0.15, -0.1) is 0 Å². The van der Waals surface area contributed by atoms with E-state index in [0.717, 1.165) is 5.56 Å². The fourth-order valence-corrected chi connectivity index (χ4v) is 3.37. The molecular formula is C21H24FNO3. The second-order valence-corrected chi connectivity index (χ2v) is 7.03. The number of amides is 1. The Morgan fingerprint density at radius 3 is 2.42 bits per heavy atom. The summed E-state index contributed by atoms with van der Waals surface area (Å²) in [4.78, 5) is 14.4. The molecule has 1 fully saturated rings. The van der Waals surface area contributed by atoms with Crippen LogP contribution >= 0.6 is 0 Å². The molecule has 1 amide bonds. The van der Waals surface area contributed by atoms with Crippen LogP contribution in [-0.4, -0.2) is 46.3 Å². The summed E-state index contributed by atoms with van der Waals surface area (Å²) >= 11 is 0. The molecule has 1 aliphatic rings. The summed E-state index contributed by atoms with van der Waals surface area (Å²) < 4.78 is 14.6. The number of hydrogen-bond donors (Lipinski definition) is 2. The van der Waals surface area contributed by atoms with Crippen LogP contribution in [-0.2, 0) is 4.79 Å². The Balaban J connectivity index is 1.73. The van der Waals surface area contributed by atoms with Crippen LogP contribution in [0.4, 0.5) is 4.39 Å². The fourth-order valence-electron chi connectivity index (χ4n) is 3.37. The van der Waals surface area contributed by atoms with Gasteiger partial charge in [-0.2, -0.15) is 0 Å². The highest BCUT2D eigenvalue weighted by molar-refractivity contribution is 5.83. The molecule has 0 radical (unpaired) electrons. The van der Waals surface area contributed by atoms with Gasteiger partial charge >= 0.3 is 0 Å². The van der Waals surface area contributed by atoms with E-state index < -0.39 is 11.5 Å². The van der Waals surface area contributed by atoms with Gasteiger partial charge in [-0.3, -0.25) is 4.79 Å². The fraction of sp³-hybridized carbons (Fsp3) is 0.381. The second kappa shape index (κ2) is 7.56. The molecule has 5 heteroatoms. The number of aliphatic hydroxyl groups is 2. The Labute approximate surface area is 152 Å². The van der Waals surface area contributed by atoms with Crippen molar-refractivity contribution in [3.63, 3.8) is 0 Å². The number of carbonyl (C=O) groups excluding carboxylic acids is 1. The van der Waals surface area contributed by atoms with Crippen molar-refractivity contribution in [1.82, 2.24) is 4.90 Å². The zero-order valence-electron chi connectivity index (χ0n) is 14.9. The number of rotatable bonds is 4. The molecule has 1 heterocycles. The van der Waals surface area contributed by atoms with Gasteiger partial charge in [-0.25, -0.2) is 4.39 Å². The first-order chi connectivity index (χ1) is 12.4. The topological polar surface area (TPSA) is 60.8 Å². The van der Waals surface area contributed by atoms with Gasteiger partial charge in [0.25, 0.3) is 0 Å². The van der Waals surface area contributed by atoms with Crippen LogP contribution in [0.15, 0.2) is 48.5 Å². The minimum Gasteiger partial charge on any atom is -0.393 e. The van der Waals surface area contributed by atoms with Gasteiger partial charge in [0.15, 0.2) is 0 Å². The van der Waals surface area contributed by atoms with Gasteiger partial charge in [-0.1, -0.05) is 42.5 Å². The van der Waals surface area contributed by atoms with Crippen molar-refractivity contribution in [1.29, 1.82) is 0 Å². The van der Waals surface area contributed by atoms with Crippen LogP contribution in [0.2, 0.25) is 0 Å². The number of halogens is 1. The SMILES string of the molecule is C[C@H](C(=O)N1CCC(O)(CO)CC1)c1ccc(-c2ccccc2)c(F)c1. The highest BCUT2D eigenvalue weighted by atomic mass is 19.1. The average molecular weight is 357 g/mol. The van der Waals surface area contributed by atoms with Crippen molar-refractivity contribution >= 4 is 5.91 Å². The quantitative estimate of drug-likeness (QED) is 0.884.